The SMILES string of the molecule is CC(=O)c1cc(C2=CCc3ncc(-c4ccc(CN5CCN(C)CC5)cc4)cc32)ccc1F. The Morgan fingerprint density at radius 1 is 0.970 bits per heavy atom. The zero-order chi connectivity index (χ0) is 22.9. The van der Waals surface area contributed by atoms with E-state index >= 15 is 0 Å². The van der Waals surface area contributed by atoms with Gasteiger partial charge in [0, 0.05) is 56.5 Å². The van der Waals surface area contributed by atoms with E-state index in [1.807, 2.05) is 6.20 Å². The Balaban J connectivity index is 1.37. The van der Waals surface area contributed by atoms with Gasteiger partial charge in [0.25, 0.3) is 0 Å². The highest BCUT2D eigenvalue weighted by atomic mass is 19.1. The number of allylic oxidation sites excluding steroid dienone is 1. The maximum absolute atomic E-state index is 14.0. The molecule has 5 heteroatoms. The van der Waals surface area contributed by atoms with Gasteiger partial charge in [0.1, 0.15) is 5.82 Å². The predicted octanol–water partition coefficient (Wildman–Crippen LogP) is 4.83. The van der Waals surface area contributed by atoms with Crippen molar-refractivity contribution in [2.45, 2.75) is 19.9 Å². The summed E-state index contributed by atoms with van der Waals surface area (Å²) in [6.45, 7) is 6.83. The van der Waals surface area contributed by atoms with Gasteiger partial charge in [-0.2, -0.15) is 0 Å². The molecule has 1 aromatic heterocycles. The van der Waals surface area contributed by atoms with E-state index in [-0.39, 0.29) is 11.3 Å². The van der Waals surface area contributed by atoms with Crippen molar-refractivity contribution in [2.75, 3.05) is 33.2 Å². The number of pyridine rings is 1. The lowest BCUT2D eigenvalue weighted by molar-refractivity contribution is 0.101. The number of piperazine rings is 1. The minimum atomic E-state index is -0.478. The van der Waals surface area contributed by atoms with Crippen molar-refractivity contribution < 1.29 is 9.18 Å². The first-order valence-electron chi connectivity index (χ1n) is 11.5. The molecule has 0 radical (unpaired) electrons. The lowest BCUT2D eigenvalue weighted by Gasteiger charge is -2.32. The number of hydrogen-bond donors (Lipinski definition) is 0. The summed E-state index contributed by atoms with van der Waals surface area (Å²) in [5.74, 6) is -0.745. The van der Waals surface area contributed by atoms with Crippen molar-refractivity contribution in [1.82, 2.24) is 14.8 Å². The predicted molar refractivity (Wildman–Crippen MR) is 130 cm³/mol. The summed E-state index contributed by atoms with van der Waals surface area (Å²) >= 11 is 0. The topological polar surface area (TPSA) is 36.4 Å². The number of fused-ring (bicyclic) bond motifs is 1. The second kappa shape index (κ2) is 9.00. The Hall–Kier alpha value is -3.15. The normalized spacial score (nSPS) is 16.5. The molecule has 2 aromatic carbocycles. The number of rotatable bonds is 5. The first kappa shape index (κ1) is 21.7. The minimum absolute atomic E-state index is 0.127. The third kappa shape index (κ3) is 4.52. The van der Waals surface area contributed by atoms with Gasteiger partial charge in [-0.1, -0.05) is 36.4 Å². The second-order valence-corrected chi connectivity index (χ2v) is 9.07. The molecule has 1 aliphatic heterocycles. The fraction of sp³-hybridized carbons (Fsp3) is 0.286. The van der Waals surface area contributed by atoms with E-state index in [9.17, 15) is 9.18 Å². The quantitative estimate of drug-likeness (QED) is 0.532. The van der Waals surface area contributed by atoms with Crippen LogP contribution in [0.25, 0.3) is 16.7 Å². The summed E-state index contributed by atoms with van der Waals surface area (Å²) in [7, 11) is 2.18. The zero-order valence-corrected chi connectivity index (χ0v) is 19.1. The Morgan fingerprint density at radius 3 is 2.42 bits per heavy atom. The number of carbonyl (C=O) groups is 1. The molecule has 0 saturated carbocycles. The van der Waals surface area contributed by atoms with Gasteiger partial charge < -0.3 is 4.90 Å². The Morgan fingerprint density at radius 2 is 1.70 bits per heavy atom. The number of benzene rings is 2. The molecule has 1 aliphatic carbocycles. The molecule has 0 spiro atoms. The third-order valence-electron chi connectivity index (χ3n) is 6.71. The number of halogens is 1. The zero-order valence-electron chi connectivity index (χ0n) is 19.1. The molecular weight excluding hydrogens is 413 g/mol. The highest BCUT2D eigenvalue weighted by Crippen LogP contribution is 2.35. The van der Waals surface area contributed by atoms with Crippen LogP contribution in [-0.4, -0.2) is 53.8 Å². The van der Waals surface area contributed by atoms with Gasteiger partial charge in [0.2, 0.25) is 0 Å². The van der Waals surface area contributed by atoms with Gasteiger partial charge in [-0.15, -0.1) is 0 Å². The van der Waals surface area contributed by atoms with Crippen LogP contribution in [0.3, 0.4) is 0 Å². The van der Waals surface area contributed by atoms with Crippen molar-refractivity contribution in [3.05, 3.63) is 94.6 Å². The molecule has 0 bridgehead atoms. The van der Waals surface area contributed by atoms with Gasteiger partial charge in [0.05, 0.1) is 11.3 Å². The smallest absolute Gasteiger partial charge is 0.162 e. The fourth-order valence-corrected chi connectivity index (χ4v) is 4.66. The van der Waals surface area contributed by atoms with Crippen LogP contribution in [0.5, 0.6) is 0 Å². The number of carbonyl (C=O) groups excluding carboxylic acids is 1. The van der Waals surface area contributed by atoms with E-state index < -0.39 is 5.82 Å². The lowest BCUT2D eigenvalue weighted by atomic mass is 9.95. The van der Waals surface area contributed by atoms with Crippen molar-refractivity contribution in [3.63, 3.8) is 0 Å². The van der Waals surface area contributed by atoms with Crippen LogP contribution in [0.1, 0.15) is 39.7 Å². The molecule has 2 heterocycles. The molecular formula is C28H28FN3O. The molecule has 1 saturated heterocycles. The van der Waals surface area contributed by atoms with Crippen LogP contribution in [0.4, 0.5) is 4.39 Å². The molecule has 4 nitrogen and oxygen atoms in total. The summed E-state index contributed by atoms with van der Waals surface area (Å²) in [6.07, 6.45) is 4.77. The molecule has 3 aromatic rings. The monoisotopic (exact) mass is 441 g/mol. The van der Waals surface area contributed by atoms with E-state index in [2.05, 4.69) is 53.3 Å². The van der Waals surface area contributed by atoms with Gasteiger partial charge in [-0.05, 0) is 54.4 Å². The molecule has 0 atom stereocenters. The van der Waals surface area contributed by atoms with Gasteiger partial charge in [-0.3, -0.25) is 14.7 Å². The molecule has 33 heavy (non-hydrogen) atoms. The van der Waals surface area contributed by atoms with E-state index in [1.54, 1.807) is 12.1 Å². The summed E-state index contributed by atoms with van der Waals surface area (Å²) in [5, 5.41) is 0. The molecule has 5 rings (SSSR count). The van der Waals surface area contributed by atoms with E-state index in [0.717, 1.165) is 72.7 Å². The van der Waals surface area contributed by atoms with Crippen LogP contribution < -0.4 is 0 Å². The Labute approximate surface area is 194 Å². The Kier molecular flexibility index (Phi) is 5.92. The highest BCUT2D eigenvalue weighted by molar-refractivity contribution is 5.96. The van der Waals surface area contributed by atoms with Crippen LogP contribution in [-0.2, 0) is 13.0 Å². The number of Topliss-reactive ketones (excluding diaryl/α,β-unsaturated/α-hetero) is 1. The number of likely N-dealkylation sites (N-methyl/N-ethyl adjacent to an activating group) is 1. The first-order valence-corrected chi connectivity index (χ1v) is 11.5. The Bertz CT molecular complexity index is 1220. The summed E-state index contributed by atoms with van der Waals surface area (Å²) in [4.78, 5) is 21.4. The maximum Gasteiger partial charge on any atom is 0.162 e. The average Bonchev–Trinajstić information content (AvgIpc) is 3.24. The van der Waals surface area contributed by atoms with E-state index in [0.29, 0.717) is 0 Å². The first-order chi connectivity index (χ1) is 16.0. The number of nitrogens with zero attached hydrogens (tertiary/aromatic N) is 3. The molecule has 0 N–H and O–H groups in total. The molecule has 1 fully saturated rings. The van der Waals surface area contributed by atoms with Crippen molar-refractivity contribution >= 4 is 11.4 Å². The molecule has 0 unspecified atom stereocenters. The van der Waals surface area contributed by atoms with Crippen LogP contribution >= 0.6 is 0 Å². The maximum atomic E-state index is 14.0. The largest absolute Gasteiger partial charge is 0.304 e. The van der Waals surface area contributed by atoms with Crippen LogP contribution in [0, 0.1) is 5.82 Å². The third-order valence-corrected chi connectivity index (χ3v) is 6.71. The summed E-state index contributed by atoms with van der Waals surface area (Å²) < 4.78 is 14.0. The molecule has 0 amide bonds. The van der Waals surface area contributed by atoms with Crippen LogP contribution in [0.15, 0.2) is 60.8 Å². The average molecular weight is 442 g/mol. The fourth-order valence-electron chi connectivity index (χ4n) is 4.66. The minimum Gasteiger partial charge on any atom is -0.304 e. The summed E-state index contributed by atoms with van der Waals surface area (Å²) in [5.41, 5.74) is 7.55. The standard InChI is InChI=1S/C28H28FN3O/c1-19(33)25-15-22(7-9-27(25)29)24-8-10-28-26(24)16-23(17-30-28)21-5-3-20(4-6-21)18-32-13-11-31(2)12-14-32/h3-9,15-17H,10-14,18H2,1-2H3. The van der Waals surface area contributed by atoms with E-state index in [4.69, 9.17) is 4.98 Å². The highest BCUT2D eigenvalue weighted by Gasteiger charge is 2.20. The van der Waals surface area contributed by atoms with Crippen molar-refractivity contribution in [1.29, 1.82) is 0 Å². The number of aromatic nitrogens is 1. The van der Waals surface area contributed by atoms with Crippen molar-refractivity contribution in [3.8, 4) is 11.1 Å². The van der Waals surface area contributed by atoms with Gasteiger partial charge in [-0.25, -0.2) is 4.39 Å². The molecule has 168 valence electrons. The second-order valence-electron chi connectivity index (χ2n) is 9.07. The number of ketones is 1. The number of hydrogen-bond acceptors (Lipinski definition) is 4. The van der Waals surface area contributed by atoms with Crippen LogP contribution in [0.2, 0.25) is 0 Å². The van der Waals surface area contributed by atoms with E-state index in [1.165, 1.54) is 18.6 Å². The summed E-state index contributed by atoms with van der Waals surface area (Å²) in [6, 6.07) is 15.7. The lowest BCUT2D eigenvalue weighted by Crippen LogP contribution is -2.43. The van der Waals surface area contributed by atoms with Gasteiger partial charge in [0.15, 0.2) is 5.78 Å². The van der Waals surface area contributed by atoms with Crippen molar-refractivity contribution in [2.24, 2.45) is 0 Å². The van der Waals surface area contributed by atoms with Gasteiger partial charge >= 0.3 is 0 Å². The molecule has 2 aliphatic rings.